The number of nitrogens with one attached hydrogen (secondary N) is 2. The van der Waals surface area contributed by atoms with Crippen molar-refractivity contribution in [1.29, 1.82) is 0 Å². The van der Waals surface area contributed by atoms with Gasteiger partial charge in [-0.3, -0.25) is 24.6 Å². The van der Waals surface area contributed by atoms with Crippen molar-refractivity contribution in [1.82, 2.24) is 15.3 Å². The lowest BCUT2D eigenvalue weighted by atomic mass is 9.99. The maximum atomic E-state index is 12.5. The van der Waals surface area contributed by atoms with Gasteiger partial charge in [0, 0.05) is 69.8 Å². The van der Waals surface area contributed by atoms with E-state index < -0.39 is 12.2 Å². The average Bonchev–Trinajstić information content (AvgIpc) is 3.06. The first-order valence-corrected chi connectivity index (χ1v) is 15.3. The van der Waals surface area contributed by atoms with E-state index in [1.165, 1.54) is 5.56 Å². The van der Waals surface area contributed by atoms with Crippen molar-refractivity contribution in [3.63, 3.8) is 0 Å². The van der Waals surface area contributed by atoms with Gasteiger partial charge >= 0.3 is 0 Å². The number of carbonyl (C=O) groups is 2. The average molecular weight is 603 g/mol. The second kappa shape index (κ2) is 15.9. The molecule has 0 radical (unpaired) electrons. The van der Waals surface area contributed by atoms with Crippen LogP contribution in [0.2, 0.25) is 0 Å². The van der Waals surface area contributed by atoms with Crippen LogP contribution < -0.4 is 10.8 Å². The van der Waals surface area contributed by atoms with E-state index in [9.17, 15) is 14.7 Å². The Labute approximate surface area is 258 Å². The Balaban J connectivity index is 1.23. The Morgan fingerprint density at radius 2 is 1.52 bits per heavy atom. The van der Waals surface area contributed by atoms with Crippen molar-refractivity contribution >= 4 is 17.5 Å². The van der Waals surface area contributed by atoms with Gasteiger partial charge in [-0.15, -0.1) is 0 Å². The summed E-state index contributed by atoms with van der Waals surface area (Å²) >= 11 is 0. The molecule has 5 rings (SSSR count). The maximum Gasteiger partial charge on any atom is 0.243 e. The number of anilines is 1. The number of piperazine rings is 1. The van der Waals surface area contributed by atoms with Crippen molar-refractivity contribution in [3.05, 3.63) is 101 Å². The maximum absolute atomic E-state index is 12.5. The van der Waals surface area contributed by atoms with Gasteiger partial charge in [0.15, 0.2) is 6.29 Å². The predicted octanol–water partition coefficient (Wildman–Crippen LogP) is 4.16. The smallest absolute Gasteiger partial charge is 0.243 e. The fourth-order valence-electron chi connectivity index (χ4n) is 5.74. The molecule has 3 aromatic carbocycles. The van der Waals surface area contributed by atoms with Crippen LogP contribution in [-0.4, -0.2) is 70.8 Å². The van der Waals surface area contributed by atoms with Crippen molar-refractivity contribution in [2.24, 2.45) is 0 Å². The molecule has 0 bridgehead atoms. The molecule has 0 aliphatic carbocycles. The molecule has 0 saturated carbocycles. The van der Waals surface area contributed by atoms with E-state index in [0.717, 1.165) is 56.0 Å². The Morgan fingerprint density at radius 3 is 2.25 bits per heavy atom. The molecule has 44 heavy (non-hydrogen) atoms. The number of ether oxygens (including phenoxy) is 2. The van der Waals surface area contributed by atoms with E-state index >= 15 is 0 Å². The number of amides is 2. The summed E-state index contributed by atoms with van der Waals surface area (Å²) in [4.78, 5) is 28.7. The lowest BCUT2D eigenvalue weighted by Gasteiger charge is -2.41. The number of benzene rings is 3. The number of hydroxylamine groups is 1. The normalized spacial score (nSPS) is 21.1. The monoisotopic (exact) mass is 602 g/mol. The first-order valence-electron chi connectivity index (χ1n) is 15.3. The predicted molar refractivity (Wildman–Crippen MR) is 165 cm³/mol. The summed E-state index contributed by atoms with van der Waals surface area (Å²) in [6, 6.07) is 25.9. The number of aliphatic hydroxyl groups excluding tert-OH is 1. The Morgan fingerprint density at radius 1 is 0.795 bits per heavy atom. The van der Waals surface area contributed by atoms with E-state index in [0.29, 0.717) is 18.5 Å². The molecular formula is C34H42N4O6. The third-order valence-corrected chi connectivity index (χ3v) is 8.17. The van der Waals surface area contributed by atoms with Gasteiger partial charge in [-0.1, -0.05) is 66.7 Å². The molecule has 2 fully saturated rings. The fraction of sp³-hybridized carbons (Fsp3) is 0.412. The van der Waals surface area contributed by atoms with E-state index in [1.807, 2.05) is 54.6 Å². The molecule has 2 saturated heterocycles. The van der Waals surface area contributed by atoms with Gasteiger partial charge in [0.05, 0.1) is 18.8 Å². The quantitative estimate of drug-likeness (QED) is 0.180. The molecule has 2 aliphatic heterocycles. The molecule has 2 aliphatic rings. The molecule has 10 nitrogen and oxygen atoms in total. The zero-order valence-corrected chi connectivity index (χ0v) is 24.9. The largest absolute Gasteiger partial charge is 0.392 e. The van der Waals surface area contributed by atoms with Gasteiger partial charge in [0.2, 0.25) is 11.8 Å². The molecule has 2 heterocycles. The first-order chi connectivity index (χ1) is 21.5. The second-order valence-electron chi connectivity index (χ2n) is 11.5. The summed E-state index contributed by atoms with van der Waals surface area (Å²) in [6.07, 6.45) is 0.372. The van der Waals surface area contributed by atoms with Gasteiger partial charge in [0.1, 0.15) is 0 Å². The lowest BCUT2D eigenvalue weighted by molar-refractivity contribution is -0.253. The molecule has 4 N–H and O–H groups in total. The summed E-state index contributed by atoms with van der Waals surface area (Å²) in [7, 11) is 0. The third kappa shape index (κ3) is 9.18. The number of hydrogen-bond donors (Lipinski definition) is 4. The highest BCUT2D eigenvalue weighted by Gasteiger charge is 2.34. The van der Waals surface area contributed by atoms with Crippen LogP contribution in [-0.2, 0) is 32.2 Å². The van der Waals surface area contributed by atoms with E-state index in [4.69, 9.17) is 14.7 Å². The van der Waals surface area contributed by atoms with Crippen molar-refractivity contribution in [2.75, 3.05) is 38.0 Å². The standard InChI is InChI=1S/C34H42N4O6/c39-24-26-12-14-27(15-13-26)31-21-30(23-38-18-16-37(17-19-38)22-25-6-2-1-3-7-25)43-34(44-31)28-8-4-9-29(20-28)35-32(40)10-5-11-33(41)36-42/h1-4,6-9,12-15,20,30-31,34,39,42H,5,10-11,16-19,21-24H2,(H,35,40)(H,36,41)/t30-,31+,34+/m0/s1. The van der Waals surface area contributed by atoms with E-state index in [1.54, 1.807) is 5.48 Å². The van der Waals surface area contributed by atoms with Crippen LogP contribution in [0, 0.1) is 0 Å². The Bertz CT molecular complexity index is 1350. The molecule has 234 valence electrons. The fourth-order valence-corrected chi connectivity index (χ4v) is 5.74. The van der Waals surface area contributed by atoms with Crippen molar-refractivity contribution < 1.29 is 29.4 Å². The van der Waals surface area contributed by atoms with E-state index in [-0.39, 0.29) is 37.6 Å². The number of hydrogen-bond acceptors (Lipinski definition) is 8. The zero-order chi connectivity index (χ0) is 30.7. The molecule has 3 aromatic rings. The summed E-state index contributed by atoms with van der Waals surface area (Å²) in [5.41, 5.74) is 6.21. The molecule has 0 spiro atoms. The van der Waals surface area contributed by atoms with E-state index in [2.05, 4.69) is 39.4 Å². The molecule has 2 amide bonds. The third-order valence-electron chi connectivity index (χ3n) is 8.17. The van der Waals surface area contributed by atoms with Crippen LogP contribution in [0.1, 0.15) is 60.3 Å². The number of rotatable bonds is 12. The molecule has 0 aromatic heterocycles. The van der Waals surface area contributed by atoms with Crippen LogP contribution in [0.15, 0.2) is 78.9 Å². The lowest BCUT2D eigenvalue weighted by Crippen LogP contribution is -2.49. The van der Waals surface area contributed by atoms with Crippen molar-refractivity contribution in [3.8, 4) is 0 Å². The van der Waals surface area contributed by atoms with Crippen LogP contribution >= 0.6 is 0 Å². The Hall–Kier alpha value is -3.64. The Kier molecular flexibility index (Phi) is 11.5. The zero-order valence-electron chi connectivity index (χ0n) is 24.9. The highest BCUT2D eigenvalue weighted by molar-refractivity contribution is 5.91. The highest BCUT2D eigenvalue weighted by atomic mass is 16.7. The minimum atomic E-state index is -0.624. The van der Waals surface area contributed by atoms with Gasteiger partial charge in [-0.25, -0.2) is 5.48 Å². The molecule has 0 unspecified atom stereocenters. The van der Waals surface area contributed by atoms with Crippen LogP contribution in [0.25, 0.3) is 0 Å². The minimum Gasteiger partial charge on any atom is -0.392 e. The summed E-state index contributed by atoms with van der Waals surface area (Å²) in [5, 5.41) is 21.0. The number of carbonyl (C=O) groups excluding carboxylic acids is 2. The highest BCUT2D eigenvalue weighted by Crippen LogP contribution is 2.38. The summed E-state index contributed by atoms with van der Waals surface area (Å²) in [5.74, 6) is -0.736. The SMILES string of the molecule is O=C(CCCC(=O)Nc1cccc([C@@H]2O[C@H](CN3CCN(Cc4ccccc4)CC3)C[C@H](c3ccc(CO)cc3)O2)c1)NO. The molecular weight excluding hydrogens is 560 g/mol. The topological polar surface area (TPSA) is 124 Å². The minimum absolute atomic E-state index is 0.0104. The molecule has 10 heteroatoms. The van der Waals surface area contributed by atoms with Gasteiger partial charge < -0.3 is 19.9 Å². The number of nitrogens with zero attached hydrogens (tertiary/aromatic N) is 2. The molecule has 3 atom stereocenters. The van der Waals surface area contributed by atoms with Crippen LogP contribution in [0.4, 0.5) is 5.69 Å². The summed E-state index contributed by atoms with van der Waals surface area (Å²) in [6.45, 7) is 5.68. The van der Waals surface area contributed by atoms with Crippen LogP contribution in [0.5, 0.6) is 0 Å². The van der Waals surface area contributed by atoms with Gasteiger partial charge in [-0.2, -0.15) is 0 Å². The van der Waals surface area contributed by atoms with Gasteiger partial charge in [0.25, 0.3) is 0 Å². The van der Waals surface area contributed by atoms with Crippen LogP contribution in [0.3, 0.4) is 0 Å². The summed E-state index contributed by atoms with van der Waals surface area (Å²) < 4.78 is 13.1. The first kappa shape index (κ1) is 31.8. The second-order valence-corrected chi connectivity index (χ2v) is 11.5. The van der Waals surface area contributed by atoms with Gasteiger partial charge in [-0.05, 0) is 35.2 Å². The number of aliphatic hydroxyl groups is 1. The van der Waals surface area contributed by atoms with Crippen molar-refractivity contribution in [2.45, 2.75) is 57.3 Å².